The first kappa shape index (κ1) is 19.2. The topological polar surface area (TPSA) is 57.0 Å². The van der Waals surface area contributed by atoms with Crippen molar-refractivity contribution in [1.82, 2.24) is 14.7 Å². The number of carbonyl (C=O) groups excluding carboxylic acids is 2. The maximum Gasteiger partial charge on any atom is 0.290 e. The van der Waals surface area contributed by atoms with Crippen LogP contribution in [0.1, 0.15) is 33.0 Å². The van der Waals surface area contributed by atoms with Crippen LogP contribution in [0.25, 0.3) is 0 Å². The van der Waals surface area contributed by atoms with Crippen LogP contribution in [0.15, 0.2) is 34.7 Å². The summed E-state index contributed by atoms with van der Waals surface area (Å²) in [6, 6.07) is 9.76. The molecule has 6 nitrogen and oxygen atoms in total. The molecule has 0 bridgehead atoms. The number of piperazine rings is 1. The molecule has 0 N–H and O–H groups in total. The highest BCUT2D eigenvalue weighted by Gasteiger charge is 2.29. The minimum Gasteiger partial charge on any atom is -0.455 e. The predicted molar refractivity (Wildman–Crippen MR) is 103 cm³/mol. The highest BCUT2D eigenvalue weighted by Crippen LogP contribution is 2.17. The van der Waals surface area contributed by atoms with Gasteiger partial charge in [0.25, 0.3) is 5.91 Å². The van der Waals surface area contributed by atoms with Crippen molar-refractivity contribution < 1.29 is 14.0 Å². The van der Waals surface area contributed by atoms with Crippen LogP contribution in [-0.4, -0.2) is 60.2 Å². The fraction of sp³-hybridized carbons (Fsp3) is 0.429. The van der Waals surface area contributed by atoms with Crippen molar-refractivity contribution in [1.29, 1.82) is 0 Å². The van der Waals surface area contributed by atoms with E-state index in [2.05, 4.69) is 32.0 Å². The second-order valence-electron chi connectivity index (χ2n) is 7.46. The molecule has 1 aliphatic rings. The molecule has 1 aromatic carbocycles. The lowest BCUT2D eigenvalue weighted by molar-refractivity contribution is -0.135. The molecule has 2 heterocycles. The summed E-state index contributed by atoms with van der Waals surface area (Å²) in [6.07, 6.45) is 0. The SMILES string of the molecule is Cc1ccc(CN2CCN(C(=O)c3ccc(CN(C)C)o3)CC2=O)cc1C. The van der Waals surface area contributed by atoms with Crippen molar-refractivity contribution >= 4 is 11.8 Å². The molecule has 27 heavy (non-hydrogen) atoms. The lowest BCUT2D eigenvalue weighted by atomic mass is 10.1. The first-order chi connectivity index (χ1) is 12.8. The van der Waals surface area contributed by atoms with Crippen molar-refractivity contribution in [2.24, 2.45) is 0 Å². The van der Waals surface area contributed by atoms with Gasteiger partial charge >= 0.3 is 0 Å². The van der Waals surface area contributed by atoms with Gasteiger partial charge in [-0.25, -0.2) is 0 Å². The van der Waals surface area contributed by atoms with E-state index in [1.54, 1.807) is 11.0 Å². The molecule has 2 aromatic rings. The Kier molecular flexibility index (Phi) is 5.65. The number of amides is 2. The minimum atomic E-state index is -0.223. The number of hydrogen-bond donors (Lipinski definition) is 0. The molecule has 0 atom stereocenters. The summed E-state index contributed by atoms with van der Waals surface area (Å²) in [4.78, 5) is 30.5. The maximum absolute atomic E-state index is 12.6. The summed E-state index contributed by atoms with van der Waals surface area (Å²) in [5.41, 5.74) is 3.58. The summed E-state index contributed by atoms with van der Waals surface area (Å²) >= 11 is 0. The number of hydrogen-bond acceptors (Lipinski definition) is 4. The van der Waals surface area contributed by atoms with Gasteiger partial charge in [0.15, 0.2) is 5.76 Å². The molecular formula is C21H27N3O3. The first-order valence-corrected chi connectivity index (χ1v) is 9.20. The number of carbonyl (C=O) groups is 2. The Morgan fingerprint density at radius 2 is 1.89 bits per heavy atom. The molecular weight excluding hydrogens is 342 g/mol. The molecule has 0 unspecified atom stereocenters. The van der Waals surface area contributed by atoms with Crippen molar-refractivity contribution in [3.05, 3.63) is 58.5 Å². The smallest absolute Gasteiger partial charge is 0.290 e. The van der Waals surface area contributed by atoms with E-state index in [1.807, 2.05) is 30.0 Å². The lowest BCUT2D eigenvalue weighted by Gasteiger charge is -2.34. The molecule has 0 radical (unpaired) electrons. The van der Waals surface area contributed by atoms with Gasteiger partial charge in [-0.15, -0.1) is 0 Å². The fourth-order valence-corrected chi connectivity index (χ4v) is 3.22. The zero-order chi connectivity index (χ0) is 19.6. The standard InChI is InChI=1S/C21H27N3O3/c1-15-5-6-17(11-16(15)2)12-23-9-10-24(14-20(23)25)21(26)19-8-7-18(27-19)13-22(3)4/h5-8,11H,9-10,12-14H2,1-4H3. The van der Waals surface area contributed by atoms with Crippen LogP contribution < -0.4 is 0 Å². The predicted octanol–water partition coefficient (Wildman–Crippen LogP) is 2.44. The third-order valence-corrected chi connectivity index (χ3v) is 4.90. The van der Waals surface area contributed by atoms with Crippen molar-refractivity contribution in [3.8, 4) is 0 Å². The molecule has 1 aliphatic heterocycles. The molecule has 1 aromatic heterocycles. The third-order valence-electron chi connectivity index (χ3n) is 4.90. The Balaban J connectivity index is 1.60. The highest BCUT2D eigenvalue weighted by atomic mass is 16.4. The lowest BCUT2D eigenvalue weighted by Crippen LogP contribution is -2.51. The summed E-state index contributed by atoms with van der Waals surface area (Å²) in [5, 5.41) is 0. The van der Waals surface area contributed by atoms with Gasteiger partial charge in [-0.2, -0.15) is 0 Å². The van der Waals surface area contributed by atoms with E-state index in [0.717, 1.165) is 11.3 Å². The van der Waals surface area contributed by atoms with Crippen molar-refractivity contribution in [2.45, 2.75) is 26.9 Å². The molecule has 0 saturated carbocycles. The summed E-state index contributed by atoms with van der Waals surface area (Å²) in [7, 11) is 3.88. The van der Waals surface area contributed by atoms with Crippen LogP contribution in [0.5, 0.6) is 0 Å². The monoisotopic (exact) mass is 369 g/mol. The van der Waals surface area contributed by atoms with Crippen LogP contribution in [0.4, 0.5) is 0 Å². The van der Waals surface area contributed by atoms with E-state index < -0.39 is 0 Å². The van der Waals surface area contributed by atoms with Gasteiger partial charge < -0.3 is 19.1 Å². The molecule has 6 heteroatoms. The van der Waals surface area contributed by atoms with Crippen LogP contribution in [0.3, 0.4) is 0 Å². The van der Waals surface area contributed by atoms with Crippen molar-refractivity contribution in [3.63, 3.8) is 0 Å². The van der Waals surface area contributed by atoms with E-state index in [9.17, 15) is 9.59 Å². The van der Waals surface area contributed by atoms with Gasteiger partial charge in [-0.05, 0) is 56.8 Å². The van der Waals surface area contributed by atoms with Gasteiger partial charge in [0, 0.05) is 19.6 Å². The van der Waals surface area contributed by atoms with Crippen LogP contribution >= 0.6 is 0 Å². The number of aryl methyl sites for hydroxylation is 2. The molecule has 0 aliphatic carbocycles. The summed E-state index contributed by atoms with van der Waals surface area (Å²) in [6.45, 7) is 6.50. The molecule has 1 saturated heterocycles. The maximum atomic E-state index is 12.6. The molecule has 2 amide bonds. The molecule has 144 valence electrons. The van der Waals surface area contributed by atoms with E-state index in [1.165, 1.54) is 11.1 Å². The average Bonchev–Trinajstić information content (AvgIpc) is 3.07. The second kappa shape index (κ2) is 7.96. The third kappa shape index (κ3) is 4.57. The van der Waals surface area contributed by atoms with Crippen LogP contribution in [-0.2, 0) is 17.9 Å². The van der Waals surface area contributed by atoms with Gasteiger partial charge in [-0.1, -0.05) is 18.2 Å². The largest absolute Gasteiger partial charge is 0.455 e. The number of rotatable bonds is 5. The van der Waals surface area contributed by atoms with Gasteiger partial charge in [-0.3, -0.25) is 9.59 Å². The van der Waals surface area contributed by atoms with Gasteiger partial charge in [0.2, 0.25) is 5.91 Å². The first-order valence-electron chi connectivity index (χ1n) is 9.20. The normalized spacial score (nSPS) is 14.9. The highest BCUT2D eigenvalue weighted by molar-refractivity contribution is 5.95. The fourth-order valence-electron chi connectivity index (χ4n) is 3.22. The van der Waals surface area contributed by atoms with Gasteiger partial charge in [0.1, 0.15) is 12.3 Å². The van der Waals surface area contributed by atoms with Crippen LogP contribution in [0.2, 0.25) is 0 Å². The van der Waals surface area contributed by atoms with Gasteiger partial charge in [0.05, 0.1) is 6.54 Å². The van der Waals surface area contributed by atoms with E-state index in [0.29, 0.717) is 31.9 Å². The average molecular weight is 369 g/mol. The Labute approximate surface area is 160 Å². The molecule has 3 rings (SSSR count). The molecule has 0 spiro atoms. The van der Waals surface area contributed by atoms with E-state index in [4.69, 9.17) is 4.42 Å². The van der Waals surface area contributed by atoms with E-state index >= 15 is 0 Å². The Hall–Kier alpha value is -2.60. The Morgan fingerprint density at radius 1 is 1.11 bits per heavy atom. The number of furan rings is 1. The second-order valence-corrected chi connectivity index (χ2v) is 7.46. The Bertz CT molecular complexity index is 841. The Morgan fingerprint density at radius 3 is 2.56 bits per heavy atom. The summed E-state index contributed by atoms with van der Waals surface area (Å²) < 4.78 is 5.63. The number of benzene rings is 1. The van der Waals surface area contributed by atoms with Crippen molar-refractivity contribution in [2.75, 3.05) is 33.7 Å². The van der Waals surface area contributed by atoms with Crippen LogP contribution in [0, 0.1) is 13.8 Å². The zero-order valence-electron chi connectivity index (χ0n) is 16.5. The molecule has 1 fully saturated rings. The summed E-state index contributed by atoms with van der Waals surface area (Å²) in [5.74, 6) is 0.775. The zero-order valence-corrected chi connectivity index (χ0v) is 16.5. The minimum absolute atomic E-state index is 0.0344. The van der Waals surface area contributed by atoms with E-state index in [-0.39, 0.29) is 18.4 Å². The number of nitrogens with zero attached hydrogens (tertiary/aromatic N) is 3. The quantitative estimate of drug-likeness (QED) is 0.812.